The van der Waals surface area contributed by atoms with Gasteiger partial charge in [0.15, 0.2) is 0 Å². The molecular weight excluding hydrogens is 629 g/mol. The molecule has 0 atom stereocenters. The van der Waals surface area contributed by atoms with E-state index in [1.165, 1.54) is 44.5 Å². The van der Waals surface area contributed by atoms with E-state index in [2.05, 4.69) is 182 Å². The van der Waals surface area contributed by atoms with Crippen molar-refractivity contribution in [1.82, 2.24) is 0 Å². The van der Waals surface area contributed by atoms with Crippen LogP contribution in [0.25, 0.3) is 11.1 Å². The molecule has 0 aliphatic heterocycles. The van der Waals surface area contributed by atoms with E-state index in [-0.39, 0.29) is 0 Å². The summed E-state index contributed by atoms with van der Waals surface area (Å²) in [5, 5.41) is 0. The van der Waals surface area contributed by atoms with Gasteiger partial charge in [-0.1, -0.05) is 155 Å². The third-order valence-electron chi connectivity index (χ3n) is 12.0. The molecule has 4 heteroatoms. The Kier molecular flexibility index (Phi) is 10.6. The van der Waals surface area contributed by atoms with Gasteiger partial charge in [-0.15, -0.1) is 0 Å². The van der Waals surface area contributed by atoms with E-state index in [0.29, 0.717) is 33.2 Å². The second kappa shape index (κ2) is 13.9. The lowest BCUT2D eigenvalue weighted by molar-refractivity contribution is 0.479. The quantitative estimate of drug-likeness (QED) is 0.121. The van der Waals surface area contributed by atoms with Crippen LogP contribution in [-0.2, 0) is 5.41 Å². The monoisotopic (exact) mass is 690 g/mol. The van der Waals surface area contributed by atoms with Crippen LogP contribution < -0.4 is 8.85 Å². The normalized spacial score (nSPS) is 14.4. The summed E-state index contributed by atoms with van der Waals surface area (Å²) in [6, 6.07) is 32.4. The molecule has 4 aromatic carbocycles. The zero-order chi connectivity index (χ0) is 36.1. The van der Waals surface area contributed by atoms with Gasteiger partial charge < -0.3 is 8.85 Å². The Morgan fingerprint density at radius 2 is 0.694 bits per heavy atom. The van der Waals surface area contributed by atoms with Gasteiger partial charge in [-0.2, -0.15) is 0 Å². The average Bonchev–Trinajstić information content (AvgIpc) is 3.31. The minimum Gasteiger partial charge on any atom is -0.543 e. The Morgan fingerprint density at radius 3 is 0.959 bits per heavy atom. The van der Waals surface area contributed by atoms with Gasteiger partial charge in [0, 0.05) is 0 Å². The van der Waals surface area contributed by atoms with Crippen molar-refractivity contribution in [3.05, 3.63) is 118 Å². The van der Waals surface area contributed by atoms with E-state index in [9.17, 15) is 0 Å². The lowest BCUT2D eigenvalue weighted by Gasteiger charge is -2.42. The summed E-state index contributed by atoms with van der Waals surface area (Å²) in [4.78, 5) is 0. The summed E-state index contributed by atoms with van der Waals surface area (Å²) in [5.41, 5.74) is 13.0. The van der Waals surface area contributed by atoms with Gasteiger partial charge in [0.25, 0.3) is 16.6 Å². The van der Waals surface area contributed by atoms with Crippen LogP contribution in [0.3, 0.4) is 0 Å². The molecule has 5 rings (SSSR count). The molecule has 0 fully saturated rings. The molecule has 1 aliphatic rings. The Labute approximate surface area is 300 Å². The van der Waals surface area contributed by atoms with Gasteiger partial charge in [-0.3, -0.25) is 0 Å². The highest BCUT2D eigenvalue weighted by molar-refractivity contribution is 6.78. The lowest BCUT2D eigenvalue weighted by Crippen LogP contribution is -2.50. The average molecular weight is 691 g/mol. The van der Waals surface area contributed by atoms with Crippen molar-refractivity contribution in [2.45, 2.75) is 136 Å². The maximum absolute atomic E-state index is 7.17. The molecule has 49 heavy (non-hydrogen) atoms. The van der Waals surface area contributed by atoms with E-state index in [4.69, 9.17) is 8.85 Å². The van der Waals surface area contributed by atoms with Gasteiger partial charge >= 0.3 is 0 Å². The fraction of sp³-hybridized carbons (Fsp3) is 0.467. The maximum atomic E-state index is 7.17. The molecule has 0 saturated carbocycles. The van der Waals surface area contributed by atoms with E-state index < -0.39 is 22.0 Å². The van der Waals surface area contributed by atoms with E-state index in [1.54, 1.807) is 0 Å². The molecule has 0 heterocycles. The largest absolute Gasteiger partial charge is 0.543 e. The van der Waals surface area contributed by atoms with Crippen molar-refractivity contribution >= 4 is 16.6 Å². The van der Waals surface area contributed by atoms with Crippen LogP contribution in [0.4, 0.5) is 0 Å². The van der Waals surface area contributed by atoms with Gasteiger partial charge in [0.2, 0.25) is 0 Å². The van der Waals surface area contributed by atoms with Crippen molar-refractivity contribution in [3.63, 3.8) is 0 Å². The lowest BCUT2D eigenvalue weighted by atomic mass is 9.67. The number of hydrogen-bond acceptors (Lipinski definition) is 2. The van der Waals surface area contributed by atoms with Gasteiger partial charge in [0.1, 0.15) is 11.5 Å². The Morgan fingerprint density at radius 1 is 0.408 bits per heavy atom. The van der Waals surface area contributed by atoms with E-state index in [1.807, 2.05) is 0 Å². The smallest absolute Gasteiger partial charge is 0.258 e. The first-order valence-electron chi connectivity index (χ1n) is 18.8. The van der Waals surface area contributed by atoms with E-state index in [0.717, 1.165) is 11.5 Å². The summed E-state index contributed by atoms with van der Waals surface area (Å²) in [5.74, 6) is 1.99. The van der Waals surface area contributed by atoms with Crippen LogP contribution >= 0.6 is 0 Å². The van der Waals surface area contributed by atoms with Crippen molar-refractivity contribution in [3.8, 4) is 22.6 Å². The fourth-order valence-electron chi connectivity index (χ4n) is 10.0. The number of aryl methyl sites for hydroxylation is 2. The topological polar surface area (TPSA) is 18.5 Å². The fourth-order valence-corrected chi connectivity index (χ4v) is 20.5. The molecule has 262 valence electrons. The zero-order valence-corrected chi connectivity index (χ0v) is 34.9. The molecule has 0 radical (unpaired) electrons. The zero-order valence-electron chi connectivity index (χ0n) is 32.9. The van der Waals surface area contributed by atoms with Crippen molar-refractivity contribution in [2.75, 3.05) is 0 Å². The second-order valence-electron chi connectivity index (χ2n) is 16.7. The van der Waals surface area contributed by atoms with Crippen LogP contribution in [0.2, 0.25) is 33.2 Å². The van der Waals surface area contributed by atoms with Gasteiger partial charge in [-0.25, -0.2) is 0 Å². The summed E-state index contributed by atoms with van der Waals surface area (Å²) >= 11 is 0. The number of benzene rings is 4. The maximum Gasteiger partial charge on any atom is 0.258 e. The van der Waals surface area contributed by atoms with Crippen LogP contribution in [0, 0.1) is 13.8 Å². The first kappa shape index (κ1) is 37.2. The SMILES string of the molecule is Cc1ccc2c(c1)C(c1ccc(O[Si](C(C)C)(C(C)C)C(C)C)cc1)(c1ccc(O[Si](C(C)C)(C(C)C)C(C)C)cc1)c1cc(C)ccc1-2. The van der Waals surface area contributed by atoms with Gasteiger partial charge in [-0.05, 0) is 105 Å². The van der Waals surface area contributed by atoms with E-state index >= 15 is 0 Å². The van der Waals surface area contributed by atoms with Crippen molar-refractivity contribution in [2.24, 2.45) is 0 Å². The van der Waals surface area contributed by atoms with Crippen LogP contribution in [0.5, 0.6) is 11.5 Å². The number of hydrogen-bond donors (Lipinski definition) is 0. The molecule has 0 saturated heterocycles. The summed E-state index contributed by atoms with van der Waals surface area (Å²) in [6.07, 6.45) is 0. The Hall–Kier alpha value is -3.09. The predicted octanol–water partition coefficient (Wildman–Crippen LogP) is 13.8. The van der Waals surface area contributed by atoms with Crippen LogP contribution in [-0.4, -0.2) is 16.6 Å². The molecule has 0 spiro atoms. The molecule has 0 unspecified atom stereocenters. The summed E-state index contributed by atoms with van der Waals surface area (Å²) in [6.45, 7) is 32.7. The molecular formula is C45H62O2Si2. The predicted molar refractivity (Wildman–Crippen MR) is 217 cm³/mol. The van der Waals surface area contributed by atoms with Gasteiger partial charge in [0.05, 0.1) is 5.41 Å². The van der Waals surface area contributed by atoms with Crippen molar-refractivity contribution < 1.29 is 8.85 Å². The molecule has 4 aromatic rings. The molecule has 0 aromatic heterocycles. The highest BCUT2D eigenvalue weighted by Gasteiger charge is 2.49. The summed E-state index contributed by atoms with van der Waals surface area (Å²) in [7, 11) is -4.18. The molecule has 0 N–H and O–H groups in total. The third-order valence-corrected chi connectivity index (χ3v) is 24.0. The standard InChI is InChI=1S/C45H62O2Si2/c1-29(2)48(30(3)4,31(5)6)46-39-21-17-37(18-22-39)45(43-27-35(13)15-25-41(43)42-26-16-36(14)28-44(42)45)38-19-23-40(24-20-38)47-49(32(7)8,33(9)10)34(11)12/h15-34H,1-14H3. The first-order valence-corrected chi connectivity index (χ1v) is 23.1. The van der Waals surface area contributed by atoms with Crippen LogP contribution in [0.15, 0.2) is 84.9 Å². The van der Waals surface area contributed by atoms with Crippen LogP contribution in [0.1, 0.15) is 116 Å². The molecule has 0 bridgehead atoms. The third kappa shape index (κ3) is 6.05. The highest BCUT2D eigenvalue weighted by Crippen LogP contribution is 2.57. The first-order chi connectivity index (χ1) is 23.0. The number of fused-ring (bicyclic) bond motifs is 3. The number of rotatable bonds is 12. The summed E-state index contributed by atoms with van der Waals surface area (Å²) < 4.78 is 14.3. The minimum atomic E-state index is -2.09. The Bertz CT molecular complexity index is 1570. The van der Waals surface area contributed by atoms with Crippen molar-refractivity contribution in [1.29, 1.82) is 0 Å². The Balaban J connectivity index is 1.72. The molecule has 2 nitrogen and oxygen atoms in total. The second-order valence-corrected chi connectivity index (χ2v) is 27.5. The highest BCUT2D eigenvalue weighted by atomic mass is 28.4. The molecule has 1 aliphatic carbocycles. The molecule has 0 amide bonds. The minimum absolute atomic E-state index is 0.467.